The fourth-order valence-electron chi connectivity index (χ4n) is 2.63. The van der Waals surface area contributed by atoms with Crippen LogP contribution in [0.2, 0.25) is 0 Å². The largest absolute Gasteiger partial charge is 0.497 e. The van der Waals surface area contributed by atoms with Gasteiger partial charge in [0.05, 0.1) is 7.11 Å². The minimum absolute atomic E-state index is 0.148. The molecular weight excluding hydrogens is 380 g/mol. The Bertz CT molecular complexity index is 1050. The molecule has 0 amide bonds. The maximum Gasteiger partial charge on any atom is 0.297 e. The molecule has 28 heavy (non-hydrogen) atoms. The minimum Gasteiger partial charge on any atom is -0.497 e. The number of hydrogen-bond acceptors (Lipinski definition) is 8. The summed E-state index contributed by atoms with van der Waals surface area (Å²) in [4.78, 5) is 12.6. The highest BCUT2D eigenvalue weighted by Crippen LogP contribution is 2.34. The van der Waals surface area contributed by atoms with Gasteiger partial charge in [0.15, 0.2) is 16.7 Å². The molecule has 0 bridgehead atoms. The summed E-state index contributed by atoms with van der Waals surface area (Å²) in [5, 5.41) is 11.8. The number of nitrogens with one attached hydrogen (secondary N) is 1. The van der Waals surface area contributed by atoms with Crippen molar-refractivity contribution in [2.24, 2.45) is 7.05 Å². The molecule has 0 radical (unpaired) electrons. The molecule has 1 aromatic heterocycles. The van der Waals surface area contributed by atoms with Crippen molar-refractivity contribution in [3.63, 3.8) is 0 Å². The van der Waals surface area contributed by atoms with Gasteiger partial charge in [0.2, 0.25) is 12.6 Å². The number of thioether (sulfide) groups is 1. The minimum atomic E-state index is -0.259. The van der Waals surface area contributed by atoms with Crippen LogP contribution < -0.4 is 25.1 Å². The van der Waals surface area contributed by atoms with Crippen molar-refractivity contribution in [3.05, 3.63) is 58.4 Å². The quantitative estimate of drug-likeness (QED) is 0.634. The molecule has 0 fully saturated rings. The highest BCUT2D eigenvalue weighted by Gasteiger charge is 2.15. The third kappa shape index (κ3) is 3.74. The lowest BCUT2D eigenvalue weighted by molar-refractivity contribution is 0.174. The Morgan fingerprint density at radius 2 is 1.93 bits per heavy atom. The predicted octanol–water partition coefficient (Wildman–Crippen LogP) is 2.95. The second kappa shape index (κ2) is 7.81. The lowest BCUT2D eigenvalue weighted by atomic mass is 10.2. The van der Waals surface area contributed by atoms with Crippen molar-refractivity contribution in [2.75, 3.05) is 19.2 Å². The molecule has 144 valence electrons. The molecule has 1 aliphatic heterocycles. The Hall–Kier alpha value is -3.20. The van der Waals surface area contributed by atoms with E-state index in [2.05, 4.69) is 15.5 Å². The highest BCUT2D eigenvalue weighted by molar-refractivity contribution is 7.98. The standard InChI is InChI=1S/C19H18N4O4S/c1-23-18(24)17(20-13-5-8-15-16(9-13)27-11-26-15)21-22-19(23)28-10-12-3-6-14(25-2)7-4-12/h3-9H,10-11H2,1-2H3,(H,20,21). The van der Waals surface area contributed by atoms with E-state index in [9.17, 15) is 4.79 Å². The van der Waals surface area contributed by atoms with Crippen molar-refractivity contribution < 1.29 is 14.2 Å². The zero-order valence-corrected chi connectivity index (χ0v) is 16.2. The normalized spacial score (nSPS) is 12.1. The van der Waals surface area contributed by atoms with E-state index in [0.717, 1.165) is 11.3 Å². The van der Waals surface area contributed by atoms with Crippen LogP contribution in [0.3, 0.4) is 0 Å². The van der Waals surface area contributed by atoms with Crippen LogP contribution in [0.25, 0.3) is 0 Å². The van der Waals surface area contributed by atoms with E-state index in [1.165, 1.54) is 16.3 Å². The van der Waals surface area contributed by atoms with Gasteiger partial charge in [-0.1, -0.05) is 23.9 Å². The first-order valence-electron chi connectivity index (χ1n) is 8.50. The molecule has 2 heterocycles. The molecule has 8 nitrogen and oxygen atoms in total. The van der Waals surface area contributed by atoms with E-state index in [0.29, 0.717) is 28.1 Å². The number of nitrogens with zero attached hydrogens (tertiary/aromatic N) is 3. The summed E-state index contributed by atoms with van der Waals surface area (Å²) in [5.74, 6) is 2.92. The Morgan fingerprint density at radius 1 is 1.14 bits per heavy atom. The SMILES string of the molecule is COc1ccc(CSc2nnc(Nc3ccc4c(c3)OCO4)c(=O)n2C)cc1. The number of fused-ring (bicyclic) bond motifs is 1. The number of methoxy groups -OCH3 is 1. The maximum atomic E-state index is 12.6. The summed E-state index contributed by atoms with van der Waals surface area (Å²) in [6.07, 6.45) is 0. The van der Waals surface area contributed by atoms with Crippen LogP contribution in [0.15, 0.2) is 52.4 Å². The van der Waals surface area contributed by atoms with Gasteiger partial charge in [0.25, 0.3) is 5.56 Å². The van der Waals surface area contributed by atoms with Crippen molar-refractivity contribution in [2.45, 2.75) is 10.9 Å². The molecule has 9 heteroatoms. The van der Waals surface area contributed by atoms with Gasteiger partial charge in [-0.15, -0.1) is 10.2 Å². The fraction of sp³-hybridized carbons (Fsp3) is 0.211. The first-order chi connectivity index (χ1) is 13.6. The third-order valence-electron chi connectivity index (χ3n) is 4.19. The number of anilines is 2. The monoisotopic (exact) mass is 398 g/mol. The zero-order valence-electron chi connectivity index (χ0n) is 15.3. The van der Waals surface area contributed by atoms with Gasteiger partial charge >= 0.3 is 0 Å². The predicted molar refractivity (Wildman–Crippen MR) is 106 cm³/mol. The summed E-state index contributed by atoms with van der Waals surface area (Å²) in [6, 6.07) is 13.1. The van der Waals surface area contributed by atoms with Crippen LogP contribution in [0.1, 0.15) is 5.56 Å². The maximum absolute atomic E-state index is 12.6. The van der Waals surface area contributed by atoms with Crippen LogP contribution in [-0.2, 0) is 12.8 Å². The van der Waals surface area contributed by atoms with E-state index in [-0.39, 0.29) is 18.2 Å². The average molecular weight is 398 g/mol. The Kier molecular flexibility index (Phi) is 5.07. The molecule has 0 saturated carbocycles. The summed E-state index contributed by atoms with van der Waals surface area (Å²) in [6.45, 7) is 0.195. The lowest BCUT2D eigenvalue weighted by Gasteiger charge is -2.10. The molecule has 1 aliphatic rings. The number of rotatable bonds is 6. The Balaban J connectivity index is 1.47. The van der Waals surface area contributed by atoms with Gasteiger partial charge in [-0.25, -0.2) is 0 Å². The van der Waals surface area contributed by atoms with Crippen molar-refractivity contribution in [3.8, 4) is 17.2 Å². The van der Waals surface area contributed by atoms with Crippen LogP contribution in [0.4, 0.5) is 11.5 Å². The molecule has 2 aromatic carbocycles. The van der Waals surface area contributed by atoms with Crippen LogP contribution >= 0.6 is 11.8 Å². The summed E-state index contributed by atoms with van der Waals surface area (Å²) in [7, 11) is 3.31. The van der Waals surface area contributed by atoms with Crippen molar-refractivity contribution in [1.29, 1.82) is 0 Å². The van der Waals surface area contributed by atoms with Gasteiger partial charge in [0, 0.05) is 24.6 Å². The van der Waals surface area contributed by atoms with E-state index in [1.54, 1.807) is 32.4 Å². The highest BCUT2D eigenvalue weighted by atomic mass is 32.2. The number of hydrogen-bond donors (Lipinski definition) is 1. The fourth-order valence-corrected chi connectivity index (χ4v) is 3.50. The van der Waals surface area contributed by atoms with E-state index in [4.69, 9.17) is 14.2 Å². The average Bonchev–Trinajstić information content (AvgIpc) is 3.19. The third-order valence-corrected chi connectivity index (χ3v) is 5.28. The molecular formula is C19H18N4O4S. The second-order valence-corrected chi connectivity index (χ2v) is 6.97. The molecule has 3 aromatic rings. The molecule has 0 unspecified atom stereocenters. The van der Waals surface area contributed by atoms with Gasteiger partial charge in [0.1, 0.15) is 5.75 Å². The molecule has 0 aliphatic carbocycles. The van der Waals surface area contributed by atoms with E-state index in [1.807, 2.05) is 24.3 Å². The first kappa shape index (κ1) is 18.2. The molecule has 4 rings (SSSR count). The van der Waals surface area contributed by atoms with Crippen molar-refractivity contribution >= 4 is 23.3 Å². The van der Waals surface area contributed by atoms with Gasteiger partial charge in [-0.2, -0.15) is 0 Å². The van der Waals surface area contributed by atoms with Gasteiger partial charge in [-0.3, -0.25) is 9.36 Å². The van der Waals surface area contributed by atoms with E-state index >= 15 is 0 Å². The van der Waals surface area contributed by atoms with Gasteiger partial charge in [-0.05, 0) is 29.8 Å². The lowest BCUT2D eigenvalue weighted by Crippen LogP contribution is -2.24. The summed E-state index contributed by atoms with van der Waals surface area (Å²) < 4.78 is 17.3. The first-order valence-corrected chi connectivity index (χ1v) is 9.49. The number of ether oxygens (including phenoxy) is 3. The second-order valence-electron chi connectivity index (χ2n) is 6.03. The van der Waals surface area contributed by atoms with Gasteiger partial charge < -0.3 is 19.5 Å². The van der Waals surface area contributed by atoms with Crippen LogP contribution in [-0.4, -0.2) is 28.7 Å². The smallest absolute Gasteiger partial charge is 0.297 e. The number of aromatic nitrogens is 3. The molecule has 0 atom stereocenters. The molecule has 1 N–H and O–H groups in total. The Morgan fingerprint density at radius 3 is 2.71 bits per heavy atom. The van der Waals surface area contributed by atoms with Crippen molar-refractivity contribution in [1.82, 2.24) is 14.8 Å². The van der Waals surface area contributed by atoms with Crippen LogP contribution in [0, 0.1) is 0 Å². The van der Waals surface area contributed by atoms with E-state index < -0.39 is 0 Å². The topological polar surface area (TPSA) is 87.5 Å². The zero-order chi connectivity index (χ0) is 19.5. The van der Waals surface area contributed by atoms with Crippen LogP contribution in [0.5, 0.6) is 17.2 Å². The Labute approximate surface area is 165 Å². The summed E-state index contributed by atoms with van der Waals surface area (Å²) in [5.41, 5.74) is 1.52. The molecule has 0 spiro atoms. The number of benzene rings is 2. The molecule has 0 saturated heterocycles. The summed E-state index contributed by atoms with van der Waals surface area (Å²) >= 11 is 1.44.